The topological polar surface area (TPSA) is 76.0 Å². The number of hydrogen-bond acceptors (Lipinski definition) is 5. The summed E-state index contributed by atoms with van der Waals surface area (Å²) in [6, 6.07) is 6.61. The first kappa shape index (κ1) is 13.0. The summed E-state index contributed by atoms with van der Waals surface area (Å²) >= 11 is 1.22. The van der Waals surface area contributed by atoms with Crippen LogP contribution in [0.25, 0.3) is 0 Å². The predicted octanol–water partition coefficient (Wildman–Crippen LogP) is 2.30. The smallest absolute Gasteiger partial charge is 0.336 e. The Bertz CT molecular complexity index is 649. The van der Waals surface area contributed by atoms with Gasteiger partial charge in [-0.2, -0.15) is 0 Å². The lowest BCUT2D eigenvalue weighted by Crippen LogP contribution is -2.15. The van der Waals surface area contributed by atoms with Gasteiger partial charge in [0.25, 0.3) is 0 Å². The number of benzene rings is 1. The van der Waals surface area contributed by atoms with E-state index in [4.69, 9.17) is 14.6 Å². The van der Waals surface area contributed by atoms with E-state index in [1.165, 1.54) is 17.4 Å². The molecule has 20 heavy (non-hydrogen) atoms. The number of carbonyl (C=O) groups is 1. The van der Waals surface area contributed by atoms with Crippen molar-refractivity contribution in [2.45, 2.75) is 6.10 Å². The minimum Gasteiger partial charge on any atom is -0.486 e. The molecular weight excluding hydrogens is 280 g/mol. The van der Waals surface area contributed by atoms with Crippen LogP contribution in [0.3, 0.4) is 0 Å². The molecular formula is C14H12O5S. The van der Waals surface area contributed by atoms with E-state index in [2.05, 4.69) is 0 Å². The molecule has 0 amide bonds. The highest BCUT2D eigenvalue weighted by atomic mass is 32.1. The molecule has 6 heteroatoms. The van der Waals surface area contributed by atoms with E-state index >= 15 is 0 Å². The Kier molecular flexibility index (Phi) is 3.33. The molecule has 0 saturated heterocycles. The molecule has 5 nitrogen and oxygen atoms in total. The zero-order chi connectivity index (χ0) is 14.1. The van der Waals surface area contributed by atoms with Crippen molar-refractivity contribution in [1.82, 2.24) is 0 Å². The van der Waals surface area contributed by atoms with Crippen molar-refractivity contribution in [2.24, 2.45) is 0 Å². The zero-order valence-electron chi connectivity index (χ0n) is 10.4. The van der Waals surface area contributed by atoms with E-state index in [0.717, 1.165) is 0 Å². The molecule has 104 valence electrons. The maximum atomic E-state index is 11.1. The van der Waals surface area contributed by atoms with Crippen molar-refractivity contribution in [3.63, 3.8) is 0 Å². The Morgan fingerprint density at radius 2 is 1.95 bits per heavy atom. The SMILES string of the molecule is O=C(O)c1ccsc1C(O)c1ccc2c(c1)OCCO2. The number of aliphatic hydroxyl groups excluding tert-OH is 1. The molecule has 1 aromatic heterocycles. The van der Waals surface area contributed by atoms with E-state index in [-0.39, 0.29) is 5.56 Å². The number of thiophene rings is 1. The van der Waals surface area contributed by atoms with Gasteiger partial charge in [-0.25, -0.2) is 4.79 Å². The molecule has 2 N–H and O–H groups in total. The molecule has 3 rings (SSSR count). The fraction of sp³-hybridized carbons (Fsp3) is 0.214. The Morgan fingerprint density at radius 3 is 2.70 bits per heavy atom. The summed E-state index contributed by atoms with van der Waals surface area (Å²) in [5.74, 6) is 0.163. The van der Waals surface area contributed by atoms with Crippen LogP contribution in [0.5, 0.6) is 11.5 Å². The van der Waals surface area contributed by atoms with Gasteiger partial charge in [-0.3, -0.25) is 0 Å². The summed E-state index contributed by atoms with van der Waals surface area (Å²) in [6.45, 7) is 0.967. The average molecular weight is 292 g/mol. The summed E-state index contributed by atoms with van der Waals surface area (Å²) in [4.78, 5) is 11.5. The molecule has 2 heterocycles. The number of carboxylic acid groups (broad SMARTS) is 1. The van der Waals surface area contributed by atoms with Gasteiger partial charge < -0.3 is 19.7 Å². The summed E-state index contributed by atoms with van der Waals surface area (Å²) in [6.07, 6.45) is -0.989. The second-order valence-electron chi connectivity index (χ2n) is 4.31. The maximum absolute atomic E-state index is 11.1. The molecule has 0 radical (unpaired) electrons. The van der Waals surface area contributed by atoms with Crippen molar-refractivity contribution in [1.29, 1.82) is 0 Å². The lowest BCUT2D eigenvalue weighted by Gasteiger charge is -2.20. The number of fused-ring (bicyclic) bond motifs is 1. The van der Waals surface area contributed by atoms with Crippen LogP contribution in [0.4, 0.5) is 0 Å². The highest BCUT2D eigenvalue weighted by molar-refractivity contribution is 7.10. The summed E-state index contributed by atoms with van der Waals surface area (Å²) < 4.78 is 10.9. The van der Waals surface area contributed by atoms with Crippen LogP contribution in [0.1, 0.15) is 26.9 Å². The fourth-order valence-electron chi connectivity index (χ4n) is 2.09. The lowest BCUT2D eigenvalue weighted by atomic mass is 10.0. The van der Waals surface area contributed by atoms with E-state index < -0.39 is 12.1 Å². The Labute approximate surface area is 119 Å². The van der Waals surface area contributed by atoms with Crippen LogP contribution in [0, 0.1) is 0 Å². The largest absolute Gasteiger partial charge is 0.486 e. The predicted molar refractivity (Wildman–Crippen MR) is 72.8 cm³/mol. The van der Waals surface area contributed by atoms with Gasteiger partial charge in [-0.1, -0.05) is 6.07 Å². The van der Waals surface area contributed by atoms with Crippen LogP contribution in [0.15, 0.2) is 29.6 Å². The Morgan fingerprint density at radius 1 is 1.20 bits per heavy atom. The third-order valence-electron chi connectivity index (χ3n) is 3.06. The Hall–Kier alpha value is -2.05. The van der Waals surface area contributed by atoms with Gasteiger partial charge in [0.1, 0.15) is 19.3 Å². The van der Waals surface area contributed by atoms with E-state index in [0.29, 0.717) is 35.2 Å². The molecule has 1 aliphatic heterocycles. The lowest BCUT2D eigenvalue weighted by molar-refractivity contribution is 0.0692. The van der Waals surface area contributed by atoms with Crippen molar-refractivity contribution in [3.8, 4) is 11.5 Å². The van der Waals surface area contributed by atoms with Crippen molar-refractivity contribution in [3.05, 3.63) is 45.6 Å². The van der Waals surface area contributed by atoms with Gasteiger partial charge in [0.05, 0.1) is 10.4 Å². The summed E-state index contributed by atoms with van der Waals surface area (Å²) in [7, 11) is 0. The van der Waals surface area contributed by atoms with Crippen LogP contribution >= 0.6 is 11.3 Å². The second kappa shape index (κ2) is 5.15. The second-order valence-corrected chi connectivity index (χ2v) is 5.26. The molecule has 0 spiro atoms. The van der Waals surface area contributed by atoms with Crippen molar-refractivity contribution in [2.75, 3.05) is 13.2 Å². The summed E-state index contributed by atoms with van der Waals surface area (Å²) in [5.41, 5.74) is 0.705. The van der Waals surface area contributed by atoms with Gasteiger partial charge in [0.15, 0.2) is 11.5 Å². The molecule has 1 aliphatic rings. The molecule has 1 atom stereocenters. The monoisotopic (exact) mass is 292 g/mol. The number of rotatable bonds is 3. The molecule has 0 aliphatic carbocycles. The minimum absolute atomic E-state index is 0.123. The van der Waals surface area contributed by atoms with Crippen LogP contribution in [0.2, 0.25) is 0 Å². The quantitative estimate of drug-likeness (QED) is 0.907. The van der Waals surface area contributed by atoms with Gasteiger partial charge in [-0.15, -0.1) is 11.3 Å². The van der Waals surface area contributed by atoms with Gasteiger partial charge in [0, 0.05) is 0 Å². The summed E-state index contributed by atoms with van der Waals surface area (Å²) in [5, 5.41) is 21.1. The van der Waals surface area contributed by atoms with Crippen LogP contribution in [-0.4, -0.2) is 29.4 Å². The zero-order valence-corrected chi connectivity index (χ0v) is 11.2. The standard InChI is InChI=1S/C14H12O5S/c15-12(13-9(14(16)17)3-6-20-13)8-1-2-10-11(7-8)19-5-4-18-10/h1-3,6-7,12,15H,4-5H2,(H,16,17). The number of aromatic carboxylic acids is 1. The maximum Gasteiger partial charge on any atom is 0.336 e. The van der Waals surface area contributed by atoms with Gasteiger partial charge in [0.2, 0.25) is 0 Å². The molecule has 0 bridgehead atoms. The Balaban J connectivity index is 1.96. The van der Waals surface area contributed by atoms with Crippen molar-refractivity contribution >= 4 is 17.3 Å². The van der Waals surface area contributed by atoms with Gasteiger partial charge >= 0.3 is 5.97 Å². The van der Waals surface area contributed by atoms with Crippen LogP contribution < -0.4 is 9.47 Å². The molecule has 1 aromatic carbocycles. The molecule has 0 fully saturated rings. The van der Waals surface area contributed by atoms with Crippen molar-refractivity contribution < 1.29 is 24.5 Å². The van der Waals surface area contributed by atoms with Gasteiger partial charge in [-0.05, 0) is 29.1 Å². The molecule has 1 unspecified atom stereocenters. The fourth-order valence-corrected chi connectivity index (χ4v) is 2.99. The first-order chi connectivity index (χ1) is 9.66. The number of aliphatic hydroxyl groups is 1. The number of hydrogen-bond donors (Lipinski definition) is 2. The van der Waals surface area contributed by atoms with Crippen LogP contribution in [-0.2, 0) is 0 Å². The highest BCUT2D eigenvalue weighted by Gasteiger charge is 2.22. The average Bonchev–Trinajstić information content (AvgIpc) is 2.95. The first-order valence-corrected chi connectivity index (χ1v) is 6.93. The normalized spacial score (nSPS) is 14.8. The van der Waals surface area contributed by atoms with E-state index in [1.807, 2.05) is 0 Å². The number of carboxylic acids is 1. The highest BCUT2D eigenvalue weighted by Crippen LogP contribution is 2.36. The third-order valence-corrected chi connectivity index (χ3v) is 4.03. The van der Waals surface area contributed by atoms with E-state index in [9.17, 15) is 9.90 Å². The third kappa shape index (κ3) is 2.23. The molecule has 2 aromatic rings. The van der Waals surface area contributed by atoms with E-state index in [1.54, 1.807) is 23.6 Å². The molecule has 0 saturated carbocycles. The minimum atomic E-state index is -1.04. The first-order valence-electron chi connectivity index (χ1n) is 6.05. The number of ether oxygens (including phenoxy) is 2.